The molecule has 0 saturated heterocycles. The number of methoxy groups -OCH3 is 3. The van der Waals surface area contributed by atoms with Gasteiger partial charge in [0.1, 0.15) is 0 Å². The van der Waals surface area contributed by atoms with Gasteiger partial charge in [-0.15, -0.1) is 0 Å². The van der Waals surface area contributed by atoms with E-state index in [-0.39, 0.29) is 11.4 Å². The van der Waals surface area contributed by atoms with Gasteiger partial charge in [-0.3, -0.25) is 4.79 Å². The van der Waals surface area contributed by atoms with Crippen LogP contribution in [0.1, 0.15) is 55.3 Å². The molecule has 0 saturated carbocycles. The van der Waals surface area contributed by atoms with Gasteiger partial charge < -0.3 is 19.5 Å². The average molecular weight is 483 g/mol. The quantitative estimate of drug-likeness (QED) is 0.486. The molecule has 2 aromatic heterocycles. The Labute approximate surface area is 208 Å². The van der Waals surface area contributed by atoms with Crippen LogP contribution in [0.2, 0.25) is 0 Å². The number of aryl methyl sites for hydroxylation is 3. The molecule has 35 heavy (non-hydrogen) atoms. The molecule has 0 radical (unpaired) electrons. The minimum atomic E-state index is -0.156. The van der Waals surface area contributed by atoms with E-state index in [0.29, 0.717) is 43.1 Å². The lowest BCUT2D eigenvalue weighted by atomic mass is 9.99. The Morgan fingerprint density at radius 3 is 2.26 bits per heavy atom. The Hall–Kier alpha value is -3.29. The number of nitrogens with one attached hydrogen (secondary N) is 1. The first-order valence-corrected chi connectivity index (χ1v) is 11.9. The van der Waals surface area contributed by atoms with Crippen molar-refractivity contribution < 1.29 is 19.0 Å². The lowest BCUT2D eigenvalue weighted by Crippen LogP contribution is -2.26. The maximum Gasteiger partial charge on any atom is 0.220 e. The van der Waals surface area contributed by atoms with Crippen LogP contribution in [-0.4, -0.2) is 48.5 Å². The number of amides is 1. The van der Waals surface area contributed by atoms with E-state index in [1.807, 2.05) is 30.7 Å². The number of nitrogens with zero attached hydrogens (tertiary/aromatic N) is 3. The molecule has 0 atom stereocenters. The third-order valence-electron chi connectivity index (χ3n) is 6.31. The molecule has 8 nitrogen and oxygen atoms in total. The molecule has 0 aliphatic rings. The fourth-order valence-corrected chi connectivity index (χ4v) is 4.57. The van der Waals surface area contributed by atoms with Crippen LogP contribution in [0, 0.1) is 20.8 Å². The third kappa shape index (κ3) is 5.36. The molecule has 1 aromatic carbocycles. The van der Waals surface area contributed by atoms with E-state index in [4.69, 9.17) is 24.3 Å². The minimum Gasteiger partial charge on any atom is -0.493 e. The van der Waals surface area contributed by atoms with Gasteiger partial charge in [0, 0.05) is 29.6 Å². The van der Waals surface area contributed by atoms with E-state index in [1.54, 1.807) is 21.3 Å². The molecule has 0 aliphatic heterocycles. The van der Waals surface area contributed by atoms with Gasteiger partial charge in [-0.25, -0.2) is 9.67 Å². The highest BCUT2D eigenvalue weighted by atomic mass is 16.5. The summed E-state index contributed by atoms with van der Waals surface area (Å²) in [5.74, 6) is 1.79. The first kappa shape index (κ1) is 26.3. The zero-order valence-corrected chi connectivity index (χ0v) is 22.5. The average Bonchev–Trinajstić information content (AvgIpc) is 3.14. The SMILES string of the molecule is COc1ccc(CCNC(=O)CCc2c(C)nc3c(c(C)nn3C(C)(C)C)c2C)c(OC)c1OC. The van der Waals surface area contributed by atoms with Crippen molar-refractivity contribution in [1.82, 2.24) is 20.1 Å². The highest BCUT2D eigenvalue weighted by Gasteiger charge is 2.23. The normalized spacial score (nSPS) is 11.6. The zero-order chi connectivity index (χ0) is 25.9. The molecule has 0 fully saturated rings. The van der Waals surface area contributed by atoms with Crippen molar-refractivity contribution in [2.24, 2.45) is 0 Å². The second-order valence-electron chi connectivity index (χ2n) is 9.76. The van der Waals surface area contributed by atoms with Crippen LogP contribution in [0.5, 0.6) is 17.2 Å². The van der Waals surface area contributed by atoms with E-state index in [9.17, 15) is 4.79 Å². The summed E-state index contributed by atoms with van der Waals surface area (Å²) in [6, 6.07) is 3.77. The topological polar surface area (TPSA) is 87.5 Å². The van der Waals surface area contributed by atoms with Gasteiger partial charge in [0.25, 0.3) is 0 Å². The molecule has 3 rings (SSSR count). The van der Waals surface area contributed by atoms with Gasteiger partial charge >= 0.3 is 0 Å². The predicted molar refractivity (Wildman–Crippen MR) is 138 cm³/mol. The maximum absolute atomic E-state index is 12.6. The number of carbonyl (C=O) groups excluding carboxylic acids is 1. The molecule has 0 bridgehead atoms. The van der Waals surface area contributed by atoms with Crippen molar-refractivity contribution in [3.63, 3.8) is 0 Å². The molecule has 0 unspecified atom stereocenters. The van der Waals surface area contributed by atoms with E-state index in [1.165, 1.54) is 0 Å². The monoisotopic (exact) mass is 482 g/mol. The number of ether oxygens (including phenoxy) is 3. The van der Waals surface area contributed by atoms with Crippen molar-refractivity contribution in [3.8, 4) is 17.2 Å². The molecule has 0 aliphatic carbocycles. The van der Waals surface area contributed by atoms with Crippen LogP contribution in [-0.2, 0) is 23.2 Å². The summed E-state index contributed by atoms with van der Waals surface area (Å²) in [5.41, 5.74) is 5.88. The van der Waals surface area contributed by atoms with Gasteiger partial charge in [0.05, 0.1) is 32.6 Å². The Morgan fingerprint density at radius 1 is 0.971 bits per heavy atom. The number of carbonyl (C=O) groups is 1. The third-order valence-corrected chi connectivity index (χ3v) is 6.31. The number of aromatic nitrogens is 3. The van der Waals surface area contributed by atoms with E-state index in [0.717, 1.165) is 39.1 Å². The number of rotatable bonds is 9. The van der Waals surface area contributed by atoms with Crippen molar-refractivity contribution >= 4 is 16.9 Å². The van der Waals surface area contributed by atoms with E-state index < -0.39 is 0 Å². The fourth-order valence-electron chi connectivity index (χ4n) is 4.57. The summed E-state index contributed by atoms with van der Waals surface area (Å²) in [6.07, 6.45) is 1.64. The van der Waals surface area contributed by atoms with Crippen molar-refractivity contribution in [2.75, 3.05) is 27.9 Å². The molecule has 8 heteroatoms. The van der Waals surface area contributed by atoms with Crippen LogP contribution >= 0.6 is 0 Å². The highest BCUT2D eigenvalue weighted by molar-refractivity contribution is 5.84. The summed E-state index contributed by atoms with van der Waals surface area (Å²) >= 11 is 0. The lowest BCUT2D eigenvalue weighted by molar-refractivity contribution is -0.121. The van der Waals surface area contributed by atoms with Crippen LogP contribution in [0.4, 0.5) is 0 Å². The Kier molecular flexibility index (Phi) is 7.93. The number of benzene rings is 1. The number of hydrogen-bond acceptors (Lipinski definition) is 6. The van der Waals surface area contributed by atoms with Crippen molar-refractivity contribution in [3.05, 3.63) is 40.2 Å². The molecule has 0 spiro atoms. The summed E-state index contributed by atoms with van der Waals surface area (Å²) in [5, 5.41) is 8.87. The predicted octanol–water partition coefficient (Wildman–Crippen LogP) is 4.43. The molecule has 3 aromatic rings. The largest absolute Gasteiger partial charge is 0.493 e. The van der Waals surface area contributed by atoms with Gasteiger partial charge in [0.15, 0.2) is 17.1 Å². The van der Waals surface area contributed by atoms with Gasteiger partial charge in [0.2, 0.25) is 11.7 Å². The van der Waals surface area contributed by atoms with E-state index in [2.05, 4.69) is 33.0 Å². The first-order chi connectivity index (χ1) is 16.5. The lowest BCUT2D eigenvalue weighted by Gasteiger charge is -2.20. The van der Waals surface area contributed by atoms with Crippen LogP contribution < -0.4 is 19.5 Å². The van der Waals surface area contributed by atoms with Crippen molar-refractivity contribution in [2.45, 2.75) is 66.3 Å². The standard InChI is InChI=1S/C27H38N4O4/c1-16-20(17(2)29-26-23(16)18(3)30-31(26)27(4,5)6)11-13-22(32)28-15-14-19-10-12-21(33-7)25(35-9)24(19)34-8/h10,12H,11,13-15H2,1-9H3,(H,28,32). The van der Waals surface area contributed by atoms with Gasteiger partial charge in [-0.05, 0) is 71.6 Å². The first-order valence-electron chi connectivity index (χ1n) is 11.9. The molecule has 1 N–H and O–H groups in total. The smallest absolute Gasteiger partial charge is 0.220 e. The summed E-state index contributed by atoms with van der Waals surface area (Å²) in [7, 11) is 4.77. The number of fused-ring (bicyclic) bond motifs is 1. The molecule has 1 amide bonds. The van der Waals surface area contributed by atoms with Gasteiger partial charge in [-0.1, -0.05) is 6.07 Å². The second kappa shape index (κ2) is 10.5. The maximum atomic E-state index is 12.6. The molecule has 2 heterocycles. The Morgan fingerprint density at radius 2 is 1.66 bits per heavy atom. The molecular weight excluding hydrogens is 444 g/mol. The summed E-state index contributed by atoms with van der Waals surface area (Å²) in [6.45, 7) is 13.0. The Bertz CT molecular complexity index is 1220. The zero-order valence-electron chi connectivity index (χ0n) is 22.5. The fraction of sp³-hybridized carbons (Fsp3) is 0.519. The van der Waals surface area contributed by atoms with Gasteiger partial charge in [-0.2, -0.15) is 5.10 Å². The number of pyridine rings is 1. The number of hydrogen-bond donors (Lipinski definition) is 1. The van der Waals surface area contributed by atoms with Crippen LogP contribution in [0.15, 0.2) is 12.1 Å². The Balaban J connectivity index is 1.68. The minimum absolute atomic E-state index is 0.00505. The van der Waals surface area contributed by atoms with Crippen LogP contribution in [0.25, 0.3) is 11.0 Å². The molecular formula is C27H38N4O4. The van der Waals surface area contributed by atoms with Crippen molar-refractivity contribution in [1.29, 1.82) is 0 Å². The molecule has 190 valence electrons. The van der Waals surface area contributed by atoms with Crippen LogP contribution in [0.3, 0.4) is 0 Å². The van der Waals surface area contributed by atoms with E-state index >= 15 is 0 Å². The highest BCUT2D eigenvalue weighted by Crippen LogP contribution is 2.39. The summed E-state index contributed by atoms with van der Waals surface area (Å²) in [4.78, 5) is 17.5. The summed E-state index contributed by atoms with van der Waals surface area (Å²) < 4.78 is 18.3. The second-order valence-corrected chi connectivity index (χ2v) is 9.76.